The first-order valence-corrected chi connectivity index (χ1v) is 5.10. The number of aliphatic hydroxyl groups is 1. The lowest BCUT2D eigenvalue weighted by Gasteiger charge is -2.04. The second-order valence-corrected chi connectivity index (χ2v) is 4.12. The first kappa shape index (κ1) is 10.1. The molecule has 0 aliphatic rings. The summed E-state index contributed by atoms with van der Waals surface area (Å²) in [5.74, 6) is 0. The van der Waals surface area contributed by atoms with Crippen molar-refractivity contribution in [2.45, 2.75) is 11.9 Å². The van der Waals surface area contributed by atoms with Gasteiger partial charge < -0.3 is 5.11 Å². The van der Waals surface area contributed by atoms with Gasteiger partial charge in [-0.1, -0.05) is 30.3 Å². The SMILES string of the molecule is O=S(=O)(F)C(O)Cc1ccccc1. The molecule has 1 aromatic carbocycles. The first-order chi connectivity index (χ1) is 6.00. The smallest absolute Gasteiger partial charge is 0.329 e. The minimum absolute atomic E-state index is 0.223. The average molecular weight is 204 g/mol. The number of hydrogen-bond donors (Lipinski definition) is 1. The summed E-state index contributed by atoms with van der Waals surface area (Å²) in [7, 11) is -4.85. The predicted molar refractivity (Wildman–Crippen MR) is 46.2 cm³/mol. The summed E-state index contributed by atoms with van der Waals surface area (Å²) >= 11 is 0. The van der Waals surface area contributed by atoms with Crippen LogP contribution in [0, 0.1) is 0 Å². The van der Waals surface area contributed by atoms with Crippen molar-refractivity contribution in [1.29, 1.82) is 0 Å². The minimum Gasteiger partial charge on any atom is -0.375 e. The van der Waals surface area contributed by atoms with Gasteiger partial charge in [-0.15, -0.1) is 3.89 Å². The van der Waals surface area contributed by atoms with Crippen LogP contribution in [0.2, 0.25) is 0 Å². The van der Waals surface area contributed by atoms with Gasteiger partial charge in [0, 0.05) is 6.42 Å². The molecule has 5 heteroatoms. The van der Waals surface area contributed by atoms with E-state index in [2.05, 4.69) is 0 Å². The van der Waals surface area contributed by atoms with Gasteiger partial charge >= 0.3 is 10.2 Å². The lowest BCUT2D eigenvalue weighted by molar-refractivity contribution is 0.242. The van der Waals surface area contributed by atoms with Gasteiger partial charge in [0.15, 0.2) is 5.44 Å². The number of hydrogen-bond acceptors (Lipinski definition) is 3. The third-order valence-electron chi connectivity index (χ3n) is 1.58. The fourth-order valence-corrected chi connectivity index (χ4v) is 1.31. The minimum atomic E-state index is -4.85. The first-order valence-electron chi connectivity index (χ1n) is 3.65. The third-order valence-corrected chi connectivity index (χ3v) is 2.39. The summed E-state index contributed by atoms with van der Waals surface area (Å²) in [5, 5.41) is 8.88. The Balaban J connectivity index is 2.72. The van der Waals surface area contributed by atoms with Crippen molar-refractivity contribution in [1.82, 2.24) is 0 Å². The monoisotopic (exact) mass is 204 g/mol. The van der Waals surface area contributed by atoms with Crippen LogP contribution in [0.1, 0.15) is 5.56 Å². The van der Waals surface area contributed by atoms with Gasteiger partial charge in [0.2, 0.25) is 0 Å². The van der Waals surface area contributed by atoms with E-state index in [-0.39, 0.29) is 6.42 Å². The highest BCUT2D eigenvalue weighted by molar-refractivity contribution is 7.86. The Hall–Kier alpha value is -0.940. The van der Waals surface area contributed by atoms with Crippen LogP contribution in [0.3, 0.4) is 0 Å². The summed E-state index contributed by atoms with van der Waals surface area (Å²) in [6, 6.07) is 8.36. The Morgan fingerprint density at radius 3 is 2.31 bits per heavy atom. The van der Waals surface area contributed by atoms with E-state index >= 15 is 0 Å². The van der Waals surface area contributed by atoms with Crippen molar-refractivity contribution in [3.05, 3.63) is 35.9 Å². The van der Waals surface area contributed by atoms with Crippen LogP contribution >= 0.6 is 0 Å². The highest BCUT2D eigenvalue weighted by Crippen LogP contribution is 2.08. The van der Waals surface area contributed by atoms with Gasteiger partial charge in [0.25, 0.3) is 0 Å². The van der Waals surface area contributed by atoms with E-state index in [0.717, 1.165) is 0 Å². The molecule has 1 rings (SSSR count). The molecule has 0 amide bonds. The highest BCUT2D eigenvalue weighted by Gasteiger charge is 2.21. The lowest BCUT2D eigenvalue weighted by atomic mass is 10.2. The quantitative estimate of drug-likeness (QED) is 0.742. The summed E-state index contributed by atoms with van der Waals surface area (Å²) in [5.41, 5.74) is -1.38. The highest BCUT2D eigenvalue weighted by atomic mass is 32.3. The van der Waals surface area contributed by atoms with Crippen LogP contribution in [0.4, 0.5) is 3.89 Å². The number of halogens is 1. The van der Waals surface area contributed by atoms with Gasteiger partial charge in [-0.3, -0.25) is 0 Å². The Bertz CT molecular complexity index is 360. The molecule has 72 valence electrons. The molecule has 1 unspecified atom stereocenters. The molecule has 0 spiro atoms. The van der Waals surface area contributed by atoms with Gasteiger partial charge in [-0.2, -0.15) is 8.42 Å². The molecule has 1 atom stereocenters. The van der Waals surface area contributed by atoms with Crippen molar-refractivity contribution in [3.63, 3.8) is 0 Å². The van der Waals surface area contributed by atoms with Crippen LogP contribution in [0.15, 0.2) is 30.3 Å². The summed E-state index contributed by atoms with van der Waals surface area (Å²) in [6.45, 7) is 0. The standard InChI is InChI=1S/C8H9FO3S/c9-13(11,12)8(10)6-7-4-2-1-3-5-7/h1-5,8,10H,6H2. The van der Waals surface area contributed by atoms with Crippen molar-refractivity contribution in [2.24, 2.45) is 0 Å². The molecule has 0 saturated heterocycles. The Morgan fingerprint density at radius 2 is 1.85 bits per heavy atom. The van der Waals surface area contributed by atoms with Crippen LogP contribution < -0.4 is 0 Å². The van der Waals surface area contributed by atoms with Crippen LogP contribution in [-0.2, 0) is 16.6 Å². The maximum Gasteiger partial charge on any atom is 0.329 e. The van der Waals surface area contributed by atoms with E-state index in [0.29, 0.717) is 5.56 Å². The van der Waals surface area contributed by atoms with Gasteiger partial charge in [-0.05, 0) is 5.56 Å². The van der Waals surface area contributed by atoms with Crippen LogP contribution in [0.25, 0.3) is 0 Å². The number of benzene rings is 1. The molecular formula is C8H9FO3S. The van der Waals surface area contributed by atoms with Crippen LogP contribution in [-0.4, -0.2) is 19.0 Å². The molecule has 3 nitrogen and oxygen atoms in total. The Labute approximate surface area is 76.0 Å². The zero-order chi connectivity index (χ0) is 9.90. The fourth-order valence-electron chi connectivity index (χ4n) is 0.915. The molecule has 0 radical (unpaired) electrons. The average Bonchev–Trinajstić information content (AvgIpc) is 2.04. The second kappa shape index (κ2) is 3.85. The summed E-state index contributed by atoms with van der Waals surface area (Å²) in [4.78, 5) is 0. The van der Waals surface area contributed by atoms with Crippen molar-refractivity contribution < 1.29 is 17.4 Å². The topological polar surface area (TPSA) is 54.4 Å². The van der Waals surface area contributed by atoms with Gasteiger partial charge in [-0.25, -0.2) is 0 Å². The van der Waals surface area contributed by atoms with E-state index < -0.39 is 15.7 Å². The fraction of sp³-hybridized carbons (Fsp3) is 0.250. The summed E-state index contributed by atoms with van der Waals surface area (Å²) in [6.07, 6.45) is -0.223. The van der Waals surface area contributed by atoms with Gasteiger partial charge in [0.1, 0.15) is 0 Å². The molecule has 0 fully saturated rings. The molecule has 0 bridgehead atoms. The normalized spacial score (nSPS) is 14.0. The Morgan fingerprint density at radius 1 is 1.31 bits per heavy atom. The third kappa shape index (κ3) is 3.12. The molecule has 0 aromatic heterocycles. The maximum absolute atomic E-state index is 12.2. The number of rotatable bonds is 3. The van der Waals surface area contributed by atoms with Gasteiger partial charge in [0.05, 0.1) is 0 Å². The molecule has 1 N–H and O–H groups in total. The maximum atomic E-state index is 12.2. The predicted octanol–water partition coefficient (Wildman–Crippen LogP) is 0.847. The molecule has 0 aliphatic heterocycles. The van der Waals surface area contributed by atoms with E-state index in [4.69, 9.17) is 5.11 Å². The molecule has 13 heavy (non-hydrogen) atoms. The Kier molecular flexibility index (Phi) is 3.00. The number of aliphatic hydroxyl groups excluding tert-OH is 1. The lowest BCUT2D eigenvalue weighted by Crippen LogP contribution is -2.18. The molecule has 0 aliphatic carbocycles. The van der Waals surface area contributed by atoms with E-state index in [1.165, 1.54) is 0 Å². The molecule has 1 aromatic rings. The van der Waals surface area contributed by atoms with E-state index in [9.17, 15) is 12.3 Å². The molecular weight excluding hydrogens is 195 g/mol. The zero-order valence-corrected chi connectivity index (χ0v) is 7.54. The summed E-state index contributed by atoms with van der Waals surface area (Å²) < 4.78 is 32.6. The van der Waals surface area contributed by atoms with Crippen molar-refractivity contribution >= 4 is 10.2 Å². The van der Waals surface area contributed by atoms with Crippen molar-refractivity contribution in [2.75, 3.05) is 0 Å². The zero-order valence-electron chi connectivity index (χ0n) is 6.72. The molecule has 0 saturated carbocycles. The van der Waals surface area contributed by atoms with Crippen molar-refractivity contribution in [3.8, 4) is 0 Å². The second-order valence-electron chi connectivity index (χ2n) is 2.62. The largest absolute Gasteiger partial charge is 0.375 e. The van der Waals surface area contributed by atoms with E-state index in [1.807, 2.05) is 0 Å². The van der Waals surface area contributed by atoms with Crippen LogP contribution in [0.5, 0.6) is 0 Å². The molecule has 0 heterocycles. The van der Waals surface area contributed by atoms with E-state index in [1.54, 1.807) is 30.3 Å².